The van der Waals surface area contributed by atoms with Gasteiger partial charge < -0.3 is 25.3 Å². The van der Waals surface area contributed by atoms with E-state index in [0.717, 1.165) is 6.42 Å². The number of carbonyl (C=O) groups is 2. The summed E-state index contributed by atoms with van der Waals surface area (Å²) < 4.78 is 10.00. The molecule has 0 aromatic rings. The minimum absolute atomic E-state index is 0.150. The lowest BCUT2D eigenvalue weighted by Gasteiger charge is -2.20. The van der Waals surface area contributed by atoms with Crippen LogP contribution in [0.5, 0.6) is 0 Å². The summed E-state index contributed by atoms with van der Waals surface area (Å²) in [6, 6.07) is -0.942. The molecule has 6 heteroatoms. The fourth-order valence-electron chi connectivity index (χ4n) is 1.45. The van der Waals surface area contributed by atoms with Gasteiger partial charge in [0.1, 0.15) is 6.29 Å². The van der Waals surface area contributed by atoms with Crippen molar-refractivity contribution in [2.24, 2.45) is 5.73 Å². The fraction of sp³-hybridized carbons (Fsp3) is 0.833. The Hall–Kier alpha value is -0.980. The number of carbonyl (C=O) groups excluding carboxylic acids is 2. The number of hydrogen-bond acceptors (Lipinski definition) is 5. The van der Waals surface area contributed by atoms with E-state index < -0.39 is 6.04 Å². The lowest BCUT2D eigenvalue weighted by Crippen LogP contribution is -2.48. The summed E-state index contributed by atoms with van der Waals surface area (Å²) in [7, 11) is 1.59. The Morgan fingerprint density at radius 2 is 2.11 bits per heavy atom. The SMILES string of the molecule is CCCC(NC(=O)CCOCCOC)C(N)C=O. The van der Waals surface area contributed by atoms with Crippen LogP contribution in [0.1, 0.15) is 26.2 Å². The Morgan fingerprint density at radius 3 is 2.67 bits per heavy atom. The van der Waals surface area contributed by atoms with Crippen LogP contribution in [0.3, 0.4) is 0 Å². The first kappa shape index (κ1) is 17.0. The molecular weight excluding hydrogens is 236 g/mol. The van der Waals surface area contributed by atoms with Crippen LogP contribution in [-0.2, 0) is 19.1 Å². The van der Waals surface area contributed by atoms with E-state index in [9.17, 15) is 9.59 Å². The molecule has 0 aliphatic rings. The van der Waals surface area contributed by atoms with Crippen LogP contribution >= 0.6 is 0 Å². The van der Waals surface area contributed by atoms with Crippen molar-refractivity contribution < 1.29 is 19.1 Å². The topological polar surface area (TPSA) is 90.7 Å². The highest BCUT2D eigenvalue weighted by molar-refractivity contribution is 5.77. The molecule has 0 bridgehead atoms. The van der Waals surface area contributed by atoms with E-state index in [2.05, 4.69) is 5.32 Å². The molecule has 0 aliphatic heterocycles. The van der Waals surface area contributed by atoms with Crippen LogP contribution in [0.25, 0.3) is 0 Å². The molecule has 0 aliphatic carbocycles. The molecule has 0 aromatic heterocycles. The molecule has 0 radical (unpaired) electrons. The first-order chi connectivity index (χ1) is 8.65. The fourth-order valence-corrected chi connectivity index (χ4v) is 1.45. The van der Waals surface area contributed by atoms with Gasteiger partial charge in [-0.25, -0.2) is 0 Å². The number of amides is 1. The zero-order chi connectivity index (χ0) is 13.8. The van der Waals surface area contributed by atoms with Crippen molar-refractivity contribution in [3.63, 3.8) is 0 Å². The molecule has 1 amide bonds. The highest BCUT2D eigenvalue weighted by atomic mass is 16.5. The number of ether oxygens (including phenoxy) is 2. The summed E-state index contributed by atoms with van der Waals surface area (Å²) in [5.74, 6) is -0.150. The maximum absolute atomic E-state index is 11.6. The van der Waals surface area contributed by atoms with Gasteiger partial charge in [0.2, 0.25) is 5.91 Å². The van der Waals surface area contributed by atoms with Gasteiger partial charge in [0, 0.05) is 13.5 Å². The summed E-state index contributed by atoms with van der Waals surface area (Å²) in [5, 5.41) is 2.75. The molecule has 2 atom stereocenters. The van der Waals surface area contributed by atoms with Gasteiger partial charge in [0.15, 0.2) is 0 Å². The van der Waals surface area contributed by atoms with Gasteiger partial charge in [-0.05, 0) is 6.42 Å². The lowest BCUT2D eigenvalue weighted by atomic mass is 10.1. The summed E-state index contributed by atoms with van der Waals surface area (Å²) in [6.07, 6.45) is 2.47. The average Bonchev–Trinajstić information content (AvgIpc) is 2.37. The minimum atomic E-state index is -0.650. The maximum Gasteiger partial charge on any atom is 0.222 e. The van der Waals surface area contributed by atoms with Crippen molar-refractivity contribution >= 4 is 12.2 Å². The molecule has 0 heterocycles. The molecule has 0 saturated heterocycles. The molecule has 0 spiro atoms. The third-order valence-corrected chi connectivity index (χ3v) is 2.47. The molecule has 2 unspecified atom stereocenters. The van der Waals surface area contributed by atoms with Crippen LogP contribution in [0.2, 0.25) is 0 Å². The maximum atomic E-state index is 11.6. The number of rotatable bonds is 11. The van der Waals surface area contributed by atoms with Gasteiger partial charge in [0.05, 0.1) is 31.9 Å². The second kappa shape index (κ2) is 11.1. The Labute approximate surface area is 108 Å². The van der Waals surface area contributed by atoms with Crippen molar-refractivity contribution in [2.75, 3.05) is 26.9 Å². The van der Waals surface area contributed by atoms with Crippen molar-refractivity contribution in [3.8, 4) is 0 Å². The zero-order valence-corrected chi connectivity index (χ0v) is 11.2. The van der Waals surface area contributed by atoms with E-state index in [4.69, 9.17) is 15.2 Å². The van der Waals surface area contributed by atoms with Gasteiger partial charge in [-0.3, -0.25) is 4.79 Å². The average molecular weight is 260 g/mol. The highest BCUT2D eigenvalue weighted by Crippen LogP contribution is 2.00. The number of methoxy groups -OCH3 is 1. The smallest absolute Gasteiger partial charge is 0.222 e. The van der Waals surface area contributed by atoms with Crippen LogP contribution in [-0.4, -0.2) is 51.2 Å². The van der Waals surface area contributed by atoms with Crippen molar-refractivity contribution in [1.29, 1.82) is 0 Å². The first-order valence-electron chi connectivity index (χ1n) is 6.22. The number of nitrogens with one attached hydrogen (secondary N) is 1. The third-order valence-electron chi connectivity index (χ3n) is 2.47. The van der Waals surface area contributed by atoms with E-state index in [-0.39, 0.29) is 18.4 Å². The minimum Gasteiger partial charge on any atom is -0.382 e. The second-order valence-corrected chi connectivity index (χ2v) is 4.03. The van der Waals surface area contributed by atoms with Crippen LogP contribution < -0.4 is 11.1 Å². The monoisotopic (exact) mass is 260 g/mol. The van der Waals surface area contributed by atoms with E-state index in [1.807, 2.05) is 6.92 Å². The summed E-state index contributed by atoms with van der Waals surface area (Å²) in [6.45, 7) is 3.29. The van der Waals surface area contributed by atoms with E-state index in [0.29, 0.717) is 32.5 Å². The first-order valence-corrected chi connectivity index (χ1v) is 6.22. The summed E-state index contributed by atoms with van der Waals surface area (Å²) >= 11 is 0. The van der Waals surface area contributed by atoms with Crippen molar-refractivity contribution in [1.82, 2.24) is 5.32 Å². The van der Waals surface area contributed by atoms with Gasteiger partial charge >= 0.3 is 0 Å². The third kappa shape index (κ3) is 8.16. The van der Waals surface area contributed by atoms with Crippen LogP contribution in [0, 0.1) is 0 Å². The van der Waals surface area contributed by atoms with Gasteiger partial charge in [-0.15, -0.1) is 0 Å². The number of nitrogens with two attached hydrogens (primary N) is 1. The molecule has 0 saturated carbocycles. The lowest BCUT2D eigenvalue weighted by molar-refractivity contribution is -0.123. The predicted octanol–water partition coefficient (Wildman–Crippen LogP) is -0.149. The van der Waals surface area contributed by atoms with E-state index in [1.54, 1.807) is 7.11 Å². The van der Waals surface area contributed by atoms with Gasteiger partial charge in [-0.2, -0.15) is 0 Å². The molecule has 0 rings (SSSR count). The van der Waals surface area contributed by atoms with Gasteiger partial charge in [-0.1, -0.05) is 13.3 Å². The van der Waals surface area contributed by atoms with Crippen molar-refractivity contribution in [2.45, 2.75) is 38.3 Å². The zero-order valence-electron chi connectivity index (χ0n) is 11.2. The highest BCUT2D eigenvalue weighted by Gasteiger charge is 2.18. The summed E-state index contributed by atoms with van der Waals surface area (Å²) in [4.78, 5) is 22.2. The van der Waals surface area contributed by atoms with Gasteiger partial charge in [0.25, 0.3) is 0 Å². The molecule has 3 N–H and O–H groups in total. The Morgan fingerprint density at radius 1 is 1.39 bits per heavy atom. The number of hydrogen-bond donors (Lipinski definition) is 2. The van der Waals surface area contributed by atoms with Crippen LogP contribution in [0.4, 0.5) is 0 Å². The quantitative estimate of drug-likeness (QED) is 0.398. The Balaban J connectivity index is 3.84. The molecule has 6 nitrogen and oxygen atoms in total. The Bertz CT molecular complexity index is 236. The number of aldehydes is 1. The van der Waals surface area contributed by atoms with Crippen LogP contribution in [0.15, 0.2) is 0 Å². The van der Waals surface area contributed by atoms with Crippen molar-refractivity contribution in [3.05, 3.63) is 0 Å². The molecule has 18 heavy (non-hydrogen) atoms. The van der Waals surface area contributed by atoms with E-state index >= 15 is 0 Å². The normalized spacial score (nSPS) is 13.9. The largest absolute Gasteiger partial charge is 0.382 e. The standard InChI is InChI=1S/C12H24N2O4/c1-3-4-11(10(13)9-15)14-12(16)5-6-18-8-7-17-2/h9-11H,3-8,13H2,1-2H3,(H,14,16). The second-order valence-electron chi connectivity index (χ2n) is 4.03. The predicted molar refractivity (Wildman–Crippen MR) is 68.2 cm³/mol. The Kier molecular flexibility index (Phi) is 10.5. The summed E-state index contributed by atoms with van der Waals surface area (Å²) in [5.41, 5.74) is 5.62. The van der Waals surface area contributed by atoms with E-state index in [1.165, 1.54) is 0 Å². The molecule has 0 aromatic carbocycles. The molecule has 0 fully saturated rings. The molecular formula is C12H24N2O4. The molecule has 106 valence electrons.